The van der Waals surface area contributed by atoms with E-state index in [2.05, 4.69) is 218 Å². The number of hydrogen-bond acceptors (Lipinski definition) is 1. The summed E-state index contributed by atoms with van der Waals surface area (Å²) in [6.45, 7) is 0. The van der Waals surface area contributed by atoms with Crippen molar-refractivity contribution in [2.24, 2.45) is 0 Å². The molecule has 0 aliphatic heterocycles. The molecule has 0 spiro atoms. The van der Waals surface area contributed by atoms with Crippen molar-refractivity contribution >= 4 is 86.6 Å². The van der Waals surface area contributed by atoms with Crippen LogP contribution in [-0.2, 0) is 0 Å². The fourth-order valence-electron chi connectivity index (χ4n) is 10.2. The third-order valence-corrected chi connectivity index (χ3v) is 13.0. The first-order chi connectivity index (χ1) is 30.2. The molecule has 0 radical (unpaired) electrons. The van der Waals surface area contributed by atoms with Gasteiger partial charge in [-0.05, 0) is 139 Å². The third-order valence-electron chi connectivity index (χ3n) is 13.0. The maximum absolute atomic E-state index is 6.39. The Hall–Kier alpha value is -8.00. The Morgan fingerprint density at radius 3 is 1.26 bits per heavy atom. The molecule has 1 aromatic heterocycles. The second-order valence-corrected chi connectivity index (χ2v) is 16.3. The zero-order valence-corrected chi connectivity index (χ0v) is 33.2. The van der Waals surface area contributed by atoms with Gasteiger partial charge < -0.3 is 4.42 Å². The first-order valence-electron chi connectivity index (χ1n) is 21.1. The van der Waals surface area contributed by atoms with E-state index in [0.29, 0.717) is 0 Å². The van der Waals surface area contributed by atoms with Crippen LogP contribution in [0.4, 0.5) is 0 Å². The summed E-state index contributed by atoms with van der Waals surface area (Å²) in [5, 5.41) is 17.2. The topological polar surface area (TPSA) is 13.1 Å². The van der Waals surface area contributed by atoms with Gasteiger partial charge in [-0.2, -0.15) is 0 Å². The molecule has 0 atom stereocenters. The Bertz CT molecular complexity index is 3880. The van der Waals surface area contributed by atoms with Gasteiger partial charge in [0.2, 0.25) is 0 Å². The molecule has 1 heteroatoms. The summed E-state index contributed by atoms with van der Waals surface area (Å²) in [7, 11) is 0. The van der Waals surface area contributed by atoms with Gasteiger partial charge in [0.15, 0.2) is 0 Å². The largest absolute Gasteiger partial charge is 0.456 e. The Kier molecular flexibility index (Phi) is 7.37. The molecule has 0 amide bonds. The molecule has 0 fully saturated rings. The highest BCUT2D eigenvalue weighted by atomic mass is 16.3. The molecule has 0 saturated heterocycles. The normalized spacial score (nSPS) is 11.9. The minimum absolute atomic E-state index is 0.908. The lowest BCUT2D eigenvalue weighted by Crippen LogP contribution is -1.93. The molecule has 61 heavy (non-hydrogen) atoms. The van der Waals surface area contributed by atoms with Gasteiger partial charge in [0.05, 0.1) is 0 Å². The van der Waals surface area contributed by atoms with Crippen LogP contribution in [0.5, 0.6) is 0 Å². The van der Waals surface area contributed by atoms with E-state index in [1.165, 1.54) is 109 Å². The number of rotatable bonds is 4. The number of furan rings is 1. The molecule has 1 heterocycles. The van der Waals surface area contributed by atoms with Crippen molar-refractivity contribution in [3.05, 3.63) is 218 Å². The van der Waals surface area contributed by atoms with Crippen molar-refractivity contribution in [3.8, 4) is 44.5 Å². The third kappa shape index (κ3) is 5.21. The number of fused-ring (bicyclic) bond motifs is 9. The molecule has 0 aliphatic rings. The fourth-order valence-corrected chi connectivity index (χ4v) is 10.2. The Balaban J connectivity index is 0.996. The minimum Gasteiger partial charge on any atom is -0.456 e. The number of hydrogen-bond donors (Lipinski definition) is 0. The van der Waals surface area contributed by atoms with Crippen LogP contribution in [0.15, 0.2) is 223 Å². The van der Waals surface area contributed by atoms with Crippen molar-refractivity contribution in [2.45, 2.75) is 0 Å². The molecule has 282 valence electrons. The second-order valence-electron chi connectivity index (χ2n) is 16.3. The zero-order valence-electron chi connectivity index (χ0n) is 33.2. The average Bonchev–Trinajstić information content (AvgIpc) is 3.68. The predicted octanol–water partition coefficient (Wildman–Crippen LogP) is 17.2. The summed E-state index contributed by atoms with van der Waals surface area (Å²) < 4.78 is 6.39. The Morgan fingerprint density at radius 2 is 0.639 bits per heavy atom. The second kappa shape index (κ2) is 13.3. The number of benzene rings is 12. The van der Waals surface area contributed by atoms with Gasteiger partial charge in [-0.1, -0.05) is 188 Å². The van der Waals surface area contributed by atoms with Gasteiger partial charge in [-0.15, -0.1) is 0 Å². The summed E-state index contributed by atoms with van der Waals surface area (Å²) in [6.07, 6.45) is 0. The maximum atomic E-state index is 6.39. The van der Waals surface area contributed by atoms with Crippen molar-refractivity contribution in [2.75, 3.05) is 0 Å². The summed E-state index contributed by atoms with van der Waals surface area (Å²) in [4.78, 5) is 0. The first-order valence-corrected chi connectivity index (χ1v) is 21.1. The monoisotopic (exact) mass is 772 g/mol. The van der Waals surface area contributed by atoms with Crippen LogP contribution >= 0.6 is 0 Å². The lowest BCUT2D eigenvalue weighted by Gasteiger charge is -2.20. The van der Waals surface area contributed by atoms with E-state index in [1.54, 1.807) is 0 Å². The van der Waals surface area contributed by atoms with Crippen LogP contribution in [0.2, 0.25) is 0 Å². The van der Waals surface area contributed by atoms with Crippen LogP contribution in [0, 0.1) is 0 Å². The van der Waals surface area contributed by atoms with Gasteiger partial charge in [0, 0.05) is 10.8 Å². The molecule has 1 nitrogen and oxygen atoms in total. The smallest absolute Gasteiger partial charge is 0.136 e. The Labute approximate surface area is 352 Å². The molecular weight excluding hydrogens is 737 g/mol. The predicted molar refractivity (Wildman–Crippen MR) is 260 cm³/mol. The zero-order chi connectivity index (χ0) is 40.0. The van der Waals surface area contributed by atoms with Crippen LogP contribution < -0.4 is 0 Å². The quantitative estimate of drug-likeness (QED) is 0.162. The molecule has 0 N–H and O–H groups in total. The maximum Gasteiger partial charge on any atom is 0.136 e. The van der Waals surface area contributed by atoms with Crippen LogP contribution in [0.3, 0.4) is 0 Å². The molecule has 0 unspecified atom stereocenters. The fraction of sp³-hybridized carbons (Fsp3) is 0. The van der Waals surface area contributed by atoms with E-state index >= 15 is 0 Å². The molecule has 13 aromatic rings. The van der Waals surface area contributed by atoms with Crippen molar-refractivity contribution < 1.29 is 4.42 Å². The summed E-state index contributed by atoms with van der Waals surface area (Å²) in [6, 6.07) is 80.2. The van der Waals surface area contributed by atoms with Crippen LogP contribution in [-0.4, -0.2) is 0 Å². The standard InChI is InChI=1S/C60H36O/c1-2-14-38-33-42(26-25-37(38)13-1)59-50-21-9-11-23-52(50)60(53-24-12-10-22-51(53)59)54-31-30-49(46-19-7-8-20-47(46)54)48-29-28-43(44-17-5-6-18-45(44)48)41-27-32-57-55(35-41)56-34-39-15-3-4-16-40(39)36-58(56)61-57/h1-36H. The molecule has 12 aromatic carbocycles. The van der Waals surface area contributed by atoms with Gasteiger partial charge in [-0.25, -0.2) is 0 Å². The van der Waals surface area contributed by atoms with E-state index in [9.17, 15) is 0 Å². The lowest BCUT2D eigenvalue weighted by molar-refractivity contribution is 0.669. The van der Waals surface area contributed by atoms with E-state index in [-0.39, 0.29) is 0 Å². The molecule has 0 bridgehead atoms. The SMILES string of the molecule is c1ccc2cc(-c3c4ccccc4c(-c4ccc(-c5ccc(-c6ccc7oc8cc9ccccc9cc8c7c6)c6ccccc56)c5ccccc45)c4ccccc34)ccc2c1. The van der Waals surface area contributed by atoms with Crippen molar-refractivity contribution in [1.82, 2.24) is 0 Å². The van der Waals surface area contributed by atoms with Gasteiger partial charge in [-0.3, -0.25) is 0 Å². The summed E-state index contributed by atoms with van der Waals surface area (Å²) in [5.41, 5.74) is 11.7. The highest BCUT2D eigenvalue weighted by molar-refractivity contribution is 6.25. The highest BCUT2D eigenvalue weighted by Crippen LogP contribution is 2.48. The Morgan fingerprint density at radius 1 is 0.213 bits per heavy atom. The molecule has 0 saturated carbocycles. The first kappa shape index (κ1) is 33.9. The van der Waals surface area contributed by atoms with Crippen molar-refractivity contribution in [3.63, 3.8) is 0 Å². The highest BCUT2D eigenvalue weighted by Gasteiger charge is 2.20. The van der Waals surface area contributed by atoms with E-state index in [0.717, 1.165) is 21.9 Å². The van der Waals surface area contributed by atoms with E-state index < -0.39 is 0 Å². The lowest BCUT2D eigenvalue weighted by atomic mass is 9.83. The van der Waals surface area contributed by atoms with E-state index in [4.69, 9.17) is 4.42 Å². The molecule has 0 aliphatic carbocycles. The van der Waals surface area contributed by atoms with Gasteiger partial charge in [0.1, 0.15) is 11.2 Å². The van der Waals surface area contributed by atoms with Gasteiger partial charge in [0.25, 0.3) is 0 Å². The minimum atomic E-state index is 0.908. The summed E-state index contributed by atoms with van der Waals surface area (Å²) >= 11 is 0. The van der Waals surface area contributed by atoms with E-state index in [1.807, 2.05) is 0 Å². The van der Waals surface area contributed by atoms with Gasteiger partial charge >= 0.3 is 0 Å². The molecular formula is C60H36O. The summed E-state index contributed by atoms with van der Waals surface area (Å²) in [5.74, 6) is 0. The molecule has 13 rings (SSSR count). The van der Waals surface area contributed by atoms with Crippen LogP contribution in [0.1, 0.15) is 0 Å². The average molecular weight is 773 g/mol. The van der Waals surface area contributed by atoms with Crippen LogP contribution in [0.25, 0.3) is 131 Å². The van der Waals surface area contributed by atoms with Crippen molar-refractivity contribution in [1.29, 1.82) is 0 Å².